The Morgan fingerprint density at radius 2 is 2.07 bits per heavy atom. The Morgan fingerprint density at radius 1 is 1.36 bits per heavy atom. The molecule has 0 spiro atoms. The molecule has 0 amide bonds. The Hall–Kier alpha value is -0.540. The molecule has 6 rings (SSSR count). The molecule has 6 aliphatic rings. The first-order valence-electron chi connectivity index (χ1n) is 4.84. The summed E-state index contributed by atoms with van der Waals surface area (Å²) in [6, 6.07) is 0. The highest BCUT2D eigenvalue weighted by Gasteiger charge is 3.06. The molecule has 0 aromatic carbocycles. The zero-order valence-corrected chi connectivity index (χ0v) is 8.43. The second-order valence-corrected chi connectivity index (χ2v) is 5.13. The molecule has 14 heavy (non-hydrogen) atoms. The minimum Gasteiger partial charge on any atom is -0.468 e. The maximum Gasteiger partial charge on any atom is 0.316 e. The summed E-state index contributed by atoms with van der Waals surface area (Å²) >= 11 is 0. The molecule has 0 aromatic heterocycles. The van der Waals surface area contributed by atoms with Crippen LogP contribution in [0, 0.1) is 29.1 Å². The molecule has 0 bridgehead atoms. The summed E-state index contributed by atoms with van der Waals surface area (Å²) in [5, 5.41) is 0. The van der Waals surface area contributed by atoms with Gasteiger partial charge in [-0.1, -0.05) is 0 Å². The number of esters is 1. The molecular weight excluding hydrogens is 202 g/mol. The molecule has 0 aromatic rings. The molecule has 0 heterocycles. The SMILES string of the molecule is COC(=O)[C@@]12C3=C4[C@@H]1C1[C@H]2[C@@H]3C41N.Cl. The van der Waals surface area contributed by atoms with Crippen molar-refractivity contribution < 1.29 is 9.53 Å². The van der Waals surface area contributed by atoms with Crippen molar-refractivity contribution in [1.82, 2.24) is 0 Å². The van der Waals surface area contributed by atoms with Crippen LogP contribution in [0.3, 0.4) is 0 Å². The number of ether oxygens (including phenoxy) is 1. The highest BCUT2D eigenvalue weighted by atomic mass is 35.5. The number of nitrogens with two attached hydrogens (primary N) is 1. The van der Waals surface area contributed by atoms with Crippen LogP contribution in [-0.4, -0.2) is 18.6 Å². The molecule has 4 saturated carbocycles. The molecule has 4 fully saturated rings. The van der Waals surface area contributed by atoms with Gasteiger partial charge in [0.25, 0.3) is 0 Å². The van der Waals surface area contributed by atoms with Crippen molar-refractivity contribution in [3.8, 4) is 0 Å². The van der Waals surface area contributed by atoms with Gasteiger partial charge in [0.15, 0.2) is 0 Å². The van der Waals surface area contributed by atoms with E-state index in [2.05, 4.69) is 0 Å². The fraction of sp³-hybridized carbons (Fsp3) is 0.700. The summed E-state index contributed by atoms with van der Waals surface area (Å²) in [4.78, 5) is 11.6. The first-order valence-corrected chi connectivity index (χ1v) is 4.84. The van der Waals surface area contributed by atoms with Crippen LogP contribution in [-0.2, 0) is 9.53 Å². The summed E-state index contributed by atoms with van der Waals surface area (Å²) < 4.78 is 4.88. The number of halogens is 1. The van der Waals surface area contributed by atoms with Gasteiger partial charge in [0, 0.05) is 17.4 Å². The fourth-order valence-electron chi connectivity index (χ4n) is 5.32. The number of hydrogen-bond donors (Lipinski definition) is 1. The summed E-state index contributed by atoms with van der Waals surface area (Å²) in [6.07, 6.45) is 0. The first kappa shape index (κ1) is 7.71. The quantitative estimate of drug-likeness (QED) is 0.494. The molecule has 4 heteroatoms. The zero-order valence-electron chi connectivity index (χ0n) is 7.61. The smallest absolute Gasteiger partial charge is 0.316 e. The molecule has 0 radical (unpaired) electrons. The van der Waals surface area contributed by atoms with Crippen molar-refractivity contribution in [1.29, 1.82) is 0 Å². The van der Waals surface area contributed by atoms with Crippen LogP contribution in [0.5, 0.6) is 0 Å². The Bertz CT molecular complexity index is 459. The van der Waals surface area contributed by atoms with Crippen molar-refractivity contribution in [2.75, 3.05) is 7.11 Å². The van der Waals surface area contributed by atoms with Crippen LogP contribution >= 0.6 is 12.4 Å². The van der Waals surface area contributed by atoms with Gasteiger partial charge in [0.05, 0.1) is 7.11 Å². The van der Waals surface area contributed by atoms with Gasteiger partial charge in [-0.05, 0) is 23.0 Å². The Balaban J connectivity index is 0.000000578. The summed E-state index contributed by atoms with van der Waals surface area (Å²) in [5.41, 5.74) is 8.99. The van der Waals surface area contributed by atoms with E-state index in [0.29, 0.717) is 23.7 Å². The second-order valence-electron chi connectivity index (χ2n) is 5.13. The lowest BCUT2D eigenvalue weighted by Crippen LogP contribution is -3.07. The van der Waals surface area contributed by atoms with E-state index in [9.17, 15) is 4.79 Å². The molecule has 74 valence electrons. The number of hydrogen-bond acceptors (Lipinski definition) is 3. The number of methoxy groups -OCH3 is 1. The number of carbonyl (C=O) groups excluding carboxylic acids is 1. The van der Waals surface area contributed by atoms with E-state index in [-0.39, 0.29) is 29.3 Å². The normalized spacial score (nSPS) is 65.9. The van der Waals surface area contributed by atoms with Crippen molar-refractivity contribution in [3.63, 3.8) is 0 Å². The van der Waals surface area contributed by atoms with Crippen molar-refractivity contribution in [3.05, 3.63) is 11.1 Å². The largest absolute Gasteiger partial charge is 0.468 e. The topological polar surface area (TPSA) is 52.3 Å². The fourth-order valence-corrected chi connectivity index (χ4v) is 5.32. The van der Waals surface area contributed by atoms with E-state index in [0.717, 1.165) is 0 Å². The molecule has 6 atom stereocenters. The molecule has 6 aliphatic carbocycles. The first-order chi connectivity index (χ1) is 6.21. The Morgan fingerprint density at radius 3 is 2.43 bits per heavy atom. The third kappa shape index (κ3) is 0.276. The van der Waals surface area contributed by atoms with E-state index in [1.807, 2.05) is 0 Å². The van der Waals surface area contributed by atoms with E-state index in [1.54, 1.807) is 0 Å². The van der Waals surface area contributed by atoms with Crippen molar-refractivity contribution >= 4 is 18.4 Å². The third-order valence-electron chi connectivity index (χ3n) is 5.54. The monoisotopic (exact) mass is 211 g/mol. The van der Waals surface area contributed by atoms with Crippen LogP contribution in [0.15, 0.2) is 11.1 Å². The molecule has 3 nitrogen and oxygen atoms in total. The van der Waals surface area contributed by atoms with Crippen molar-refractivity contribution in [2.24, 2.45) is 34.8 Å². The van der Waals surface area contributed by atoms with E-state index < -0.39 is 0 Å². The van der Waals surface area contributed by atoms with Gasteiger partial charge in [0.2, 0.25) is 0 Å². The molecule has 0 aliphatic heterocycles. The molecule has 2 N–H and O–H groups in total. The minimum absolute atomic E-state index is 0. The van der Waals surface area contributed by atoms with E-state index in [1.165, 1.54) is 18.3 Å². The zero-order chi connectivity index (χ0) is 8.75. The van der Waals surface area contributed by atoms with Crippen LogP contribution in [0.4, 0.5) is 0 Å². The van der Waals surface area contributed by atoms with Gasteiger partial charge in [-0.25, -0.2) is 0 Å². The van der Waals surface area contributed by atoms with E-state index in [4.69, 9.17) is 10.5 Å². The lowest BCUT2D eigenvalue weighted by atomic mass is 9.00. The lowest BCUT2D eigenvalue weighted by molar-refractivity contribution is -0.389. The van der Waals surface area contributed by atoms with Gasteiger partial charge in [-0.15, -0.1) is 12.4 Å². The third-order valence-corrected chi connectivity index (χ3v) is 5.54. The van der Waals surface area contributed by atoms with Crippen LogP contribution in [0.25, 0.3) is 0 Å². The van der Waals surface area contributed by atoms with Gasteiger partial charge in [0.1, 0.15) is 5.41 Å². The summed E-state index contributed by atoms with van der Waals surface area (Å²) in [6.45, 7) is 0. The van der Waals surface area contributed by atoms with Crippen LogP contribution in [0.1, 0.15) is 0 Å². The van der Waals surface area contributed by atoms with Gasteiger partial charge < -0.3 is 10.5 Å². The lowest BCUT2D eigenvalue weighted by Gasteiger charge is -3.02. The number of carbonyl (C=O) groups is 1. The second kappa shape index (κ2) is 1.46. The maximum absolute atomic E-state index is 11.6. The minimum atomic E-state index is -0.111. The van der Waals surface area contributed by atoms with Crippen LogP contribution in [0.2, 0.25) is 0 Å². The summed E-state index contributed by atoms with van der Waals surface area (Å²) in [7, 11) is 1.49. The average molecular weight is 212 g/mol. The highest BCUT2D eigenvalue weighted by molar-refractivity contribution is 5.99. The Kier molecular flexibility index (Phi) is 0.805. The summed E-state index contributed by atoms with van der Waals surface area (Å²) in [5.74, 6) is 2.37. The van der Waals surface area contributed by atoms with Gasteiger partial charge >= 0.3 is 5.97 Å². The molecule has 2 unspecified atom stereocenters. The van der Waals surface area contributed by atoms with Gasteiger partial charge in [-0.2, -0.15) is 0 Å². The van der Waals surface area contributed by atoms with Crippen LogP contribution < -0.4 is 5.73 Å². The molecular formula is C10H10ClNO2. The number of rotatable bonds is 1. The van der Waals surface area contributed by atoms with E-state index >= 15 is 0 Å². The van der Waals surface area contributed by atoms with Crippen molar-refractivity contribution in [2.45, 2.75) is 5.54 Å². The highest BCUT2D eigenvalue weighted by Crippen LogP contribution is 3.03. The predicted molar refractivity (Wildman–Crippen MR) is 49.6 cm³/mol. The molecule has 0 saturated heterocycles. The Labute approximate surface area is 87.1 Å². The predicted octanol–water partition coefficient (Wildman–Crippen LogP) is 0.0945. The standard InChI is InChI=1S/C10H9NO2.ClH/c1-13-8(12)9-2-5-3(9)7-4(9)6(2)10(5,7)11;/h2-3,5-6H,11H2,1H3;1H/t2-,3-,5?,6-,9+,10?;/m0./s1. The average Bonchev–Trinajstić information content (AvgIpc) is 2.18. The maximum atomic E-state index is 11.6. The van der Waals surface area contributed by atoms with Gasteiger partial charge in [-0.3, -0.25) is 4.79 Å².